The number of hydrogen-bond donors (Lipinski definition) is 1. The number of benzene rings is 1. The van der Waals surface area contributed by atoms with Crippen LogP contribution in [0, 0.1) is 0 Å². The maximum atomic E-state index is 12.9. The Balaban J connectivity index is 2.02. The summed E-state index contributed by atoms with van der Waals surface area (Å²) in [5.41, 5.74) is 1.51. The Hall–Kier alpha value is -2.53. The van der Waals surface area contributed by atoms with Crippen LogP contribution < -0.4 is 10.1 Å². The van der Waals surface area contributed by atoms with Gasteiger partial charge in [0.05, 0.1) is 12.8 Å². The van der Waals surface area contributed by atoms with Gasteiger partial charge < -0.3 is 14.8 Å². The number of carbonyl (C=O) groups is 1. The van der Waals surface area contributed by atoms with Gasteiger partial charge in [-0.1, -0.05) is 29.8 Å². The van der Waals surface area contributed by atoms with E-state index in [1.165, 1.54) is 0 Å². The minimum absolute atomic E-state index is 0.191. The van der Waals surface area contributed by atoms with Gasteiger partial charge in [0.1, 0.15) is 11.3 Å². The third-order valence-electron chi connectivity index (χ3n) is 3.59. The second-order valence-electron chi connectivity index (χ2n) is 4.92. The highest BCUT2D eigenvalue weighted by Crippen LogP contribution is 2.39. The zero-order chi connectivity index (χ0) is 16.4. The third-order valence-corrected chi connectivity index (χ3v) is 3.93. The van der Waals surface area contributed by atoms with Crippen LogP contribution in [0.15, 0.2) is 48.5 Å². The molecule has 0 saturated carbocycles. The molecule has 2 aromatic rings. The standard InChI is InChI=1S/C17H15ClN2O3/c1-19-17-14(13-9-10(22-2)7-8-20-13)15(21)16(23-17)11-5-3-4-6-12(11)18/h3-9,16,19H,1-2H3/t16-/m0/s1. The molecule has 1 aliphatic heterocycles. The second kappa shape index (κ2) is 6.30. The van der Waals surface area contributed by atoms with Crippen LogP contribution in [0.25, 0.3) is 5.57 Å². The summed E-state index contributed by atoms with van der Waals surface area (Å²) in [4.78, 5) is 17.1. The van der Waals surface area contributed by atoms with E-state index in [1.807, 2.05) is 12.1 Å². The Morgan fingerprint density at radius 2 is 2.09 bits per heavy atom. The van der Waals surface area contributed by atoms with E-state index in [9.17, 15) is 4.79 Å². The van der Waals surface area contributed by atoms with Crippen molar-refractivity contribution in [3.63, 3.8) is 0 Å². The Bertz CT molecular complexity index is 789. The summed E-state index contributed by atoms with van der Waals surface area (Å²) >= 11 is 6.20. The number of halogens is 1. The summed E-state index contributed by atoms with van der Waals surface area (Å²) in [7, 11) is 3.25. The minimum atomic E-state index is -0.783. The molecule has 0 fully saturated rings. The fourth-order valence-electron chi connectivity index (χ4n) is 2.47. The summed E-state index contributed by atoms with van der Waals surface area (Å²) < 4.78 is 11.0. The van der Waals surface area contributed by atoms with Crippen molar-refractivity contribution in [2.75, 3.05) is 14.2 Å². The quantitative estimate of drug-likeness (QED) is 0.934. The molecule has 0 radical (unpaired) electrons. The van der Waals surface area contributed by atoms with Crippen molar-refractivity contribution in [1.29, 1.82) is 0 Å². The second-order valence-corrected chi connectivity index (χ2v) is 5.33. The lowest BCUT2D eigenvalue weighted by Gasteiger charge is -2.12. The third kappa shape index (κ3) is 2.75. The molecule has 0 spiro atoms. The lowest BCUT2D eigenvalue weighted by atomic mass is 10.00. The Morgan fingerprint density at radius 1 is 1.30 bits per heavy atom. The minimum Gasteiger partial charge on any atom is -0.497 e. The van der Waals surface area contributed by atoms with Gasteiger partial charge in [-0.25, -0.2) is 0 Å². The highest BCUT2D eigenvalue weighted by atomic mass is 35.5. The number of hydrogen-bond acceptors (Lipinski definition) is 5. The fourth-order valence-corrected chi connectivity index (χ4v) is 2.70. The largest absolute Gasteiger partial charge is 0.497 e. The van der Waals surface area contributed by atoms with Crippen LogP contribution in [0.2, 0.25) is 5.02 Å². The molecule has 118 valence electrons. The SMILES string of the molecule is CNC1=C(c2cc(OC)ccn2)C(=O)[C@H](c2ccccc2Cl)O1. The van der Waals surface area contributed by atoms with Gasteiger partial charge in [-0.2, -0.15) is 0 Å². The number of pyridine rings is 1. The van der Waals surface area contributed by atoms with Crippen molar-refractivity contribution in [1.82, 2.24) is 10.3 Å². The summed E-state index contributed by atoms with van der Waals surface area (Å²) in [6.07, 6.45) is 0.805. The molecule has 1 aromatic carbocycles. The highest BCUT2D eigenvalue weighted by molar-refractivity contribution is 6.32. The molecule has 23 heavy (non-hydrogen) atoms. The van der Waals surface area contributed by atoms with Crippen molar-refractivity contribution in [2.45, 2.75) is 6.10 Å². The molecule has 0 unspecified atom stereocenters. The van der Waals surface area contributed by atoms with Gasteiger partial charge in [0.2, 0.25) is 11.7 Å². The molecule has 6 heteroatoms. The molecule has 0 bridgehead atoms. The van der Waals surface area contributed by atoms with Crippen LogP contribution in [0.3, 0.4) is 0 Å². The van der Waals surface area contributed by atoms with Gasteiger partial charge in [-0.3, -0.25) is 9.78 Å². The number of methoxy groups -OCH3 is 1. The zero-order valence-corrected chi connectivity index (χ0v) is 13.4. The molecule has 1 atom stereocenters. The Morgan fingerprint density at radius 3 is 2.78 bits per heavy atom. The van der Waals surface area contributed by atoms with E-state index in [1.54, 1.807) is 44.6 Å². The van der Waals surface area contributed by atoms with Crippen LogP contribution >= 0.6 is 11.6 Å². The van der Waals surface area contributed by atoms with Crippen LogP contribution in [0.4, 0.5) is 0 Å². The summed E-state index contributed by atoms with van der Waals surface area (Å²) in [6.45, 7) is 0. The first-order valence-electron chi connectivity index (χ1n) is 7.03. The van der Waals surface area contributed by atoms with Gasteiger partial charge in [-0.05, 0) is 12.1 Å². The molecule has 1 aliphatic rings. The average molecular weight is 331 g/mol. The maximum Gasteiger partial charge on any atom is 0.215 e. The van der Waals surface area contributed by atoms with E-state index in [0.29, 0.717) is 33.5 Å². The van der Waals surface area contributed by atoms with Crippen LogP contribution in [0.5, 0.6) is 5.75 Å². The summed E-state index contributed by atoms with van der Waals surface area (Å²) in [5, 5.41) is 3.40. The van der Waals surface area contributed by atoms with E-state index in [4.69, 9.17) is 21.1 Å². The fraction of sp³-hybridized carbons (Fsp3) is 0.176. The van der Waals surface area contributed by atoms with Crippen LogP contribution in [-0.4, -0.2) is 24.9 Å². The molecule has 5 nitrogen and oxygen atoms in total. The smallest absolute Gasteiger partial charge is 0.215 e. The predicted octanol–water partition coefficient (Wildman–Crippen LogP) is 2.97. The van der Waals surface area contributed by atoms with Gasteiger partial charge >= 0.3 is 0 Å². The summed E-state index contributed by atoms with van der Waals surface area (Å²) in [6, 6.07) is 10.5. The zero-order valence-electron chi connectivity index (χ0n) is 12.7. The number of aromatic nitrogens is 1. The first-order chi connectivity index (χ1) is 11.2. The van der Waals surface area contributed by atoms with E-state index < -0.39 is 6.10 Å². The number of ether oxygens (including phenoxy) is 2. The number of rotatable bonds is 4. The number of ketones is 1. The van der Waals surface area contributed by atoms with Crippen LogP contribution in [0.1, 0.15) is 17.4 Å². The molecule has 1 aromatic heterocycles. The Kier molecular flexibility index (Phi) is 4.21. The van der Waals surface area contributed by atoms with E-state index in [0.717, 1.165) is 0 Å². The first-order valence-corrected chi connectivity index (χ1v) is 7.41. The molecule has 1 N–H and O–H groups in total. The maximum absolute atomic E-state index is 12.9. The topological polar surface area (TPSA) is 60.5 Å². The van der Waals surface area contributed by atoms with Gasteiger partial charge in [-0.15, -0.1) is 0 Å². The average Bonchev–Trinajstić information content (AvgIpc) is 2.92. The van der Waals surface area contributed by atoms with E-state index in [2.05, 4.69) is 10.3 Å². The lowest BCUT2D eigenvalue weighted by molar-refractivity contribution is -0.120. The Labute approximate surface area is 138 Å². The number of Topliss-reactive ketones (excluding diaryl/α,β-unsaturated/α-hetero) is 1. The summed E-state index contributed by atoms with van der Waals surface area (Å²) in [5.74, 6) is 0.802. The molecule has 0 aliphatic carbocycles. The monoisotopic (exact) mass is 330 g/mol. The predicted molar refractivity (Wildman–Crippen MR) is 87.1 cm³/mol. The van der Waals surface area contributed by atoms with Gasteiger partial charge in [0.15, 0.2) is 6.10 Å². The molecule has 0 saturated heterocycles. The van der Waals surface area contributed by atoms with Crippen molar-refractivity contribution in [3.05, 3.63) is 64.8 Å². The molecular weight excluding hydrogens is 316 g/mol. The molecule has 3 rings (SSSR count). The molecule has 2 heterocycles. The van der Waals surface area contributed by atoms with Crippen molar-refractivity contribution < 1.29 is 14.3 Å². The van der Waals surface area contributed by atoms with Crippen molar-refractivity contribution in [2.24, 2.45) is 0 Å². The highest BCUT2D eigenvalue weighted by Gasteiger charge is 2.38. The van der Waals surface area contributed by atoms with Crippen molar-refractivity contribution >= 4 is 23.0 Å². The normalized spacial score (nSPS) is 17.2. The number of nitrogens with zero attached hydrogens (tertiary/aromatic N) is 1. The lowest BCUT2D eigenvalue weighted by Crippen LogP contribution is -2.11. The van der Waals surface area contributed by atoms with E-state index >= 15 is 0 Å². The number of nitrogens with one attached hydrogen (secondary N) is 1. The molecular formula is C17H15ClN2O3. The first kappa shape index (κ1) is 15.4. The molecule has 0 amide bonds. The number of carbonyl (C=O) groups excluding carboxylic acids is 1. The van der Waals surface area contributed by atoms with Crippen molar-refractivity contribution in [3.8, 4) is 5.75 Å². The van der Waals surface area contributed by atoms with E-state index in [-0.39, 0.29) is 5.78 Å². The van der Waals surface area contributed by atoms with Gasteiger partial charge in [0.25, 0.3) is 0 Å². The van der Waals surface area contributed by atoms with Crippen LogP contribution in [-0.2, 0) is 9.53 Å². The van der Waals surface area contributed by atoms with Gasteiger partial charge in [0, 0.05) is 29.9 Å².